The Hall–Kier alpha value is -3.14. The minimum absolute atomic E-state index is 0.929. The maximum atomic E-state index is 4.58. The number of aliphatic imine (C=N–C) groups is 2. The van der Waals surface area contributed by atoms with Crippen molar-refractivity contribution in [3.63, 3.8) is 0 Å². The van der Waals surface area contributed by atoms with Gasteiger partial charge in [-0.15, -0.1) is 0 Å². The molecule has 4 nitrogen and oxygen atoms in total. The Labute approximate surface area is 203 Å². The molecule has 178 valence electrons. The first-order valence-corrected chi connectivity index (χ1v) is 13.0. The summed E-state index contributed by atoms with van der Waals surface area (Å²) >= 11 is 0. The van der Waals surface area contributed by atoms with Crippen LogP contribution < -0.4 is 0 Å². The lowest BCUT2D eigenvalue weighted by Gasteiger charge is -2.01. The molecule has 0 bridgehead atoms. The highest BCUT2D eigenvalue weighted by molar-refractivity contribution is 5.90. The highest BCUT2D eigenvalue weighted by Gasteiger charge is 1.98. The van der Waals surface area contributed by atoms with Crippen LogP contribution in [0.5, 0.6) is 0 Å². The molecule has 4 heteroatoms. The van der Waals surface area contributed by atoms with Crippen LogP contribution in [-0.4, -0.2) is 35.5 Å². The van der Waals surface area contributed by atoms with Gasteiger partial charge in [0.2, 0.25) is 0 Å². The molecule has 0 unspecified atom stereocenters. The first kappa shape index (κ1) is 24.0. The molecule has 0 aliphatic carbocycles. The molecule has 0 radical (unpaired) electrons. The zero-order valence-electron chi connectivity index (χ0n) is 20.3. The maximum Gasteiger partial charge on any atom is 0.0572 e. The van der Waals surface area contributed by atoms with Crippen LogP contribution in [-0.2, 0) is 0 Å². The van der Waals surface area contributed by atoms with Crippen molar-refractivity contribution in [3.05, 3.63) is 72.1 Å². The van der Waals surface area contributed by atoms with E-state index in [0.29, 0.717) is 0 Å². The van der Waals surface area contributed by atoms with Gasteiger partial charge in [-0.2, -0.15) is 0 Å². The van der Waals surface area contributed by atoms with Crippen LogP contribution in [0.25, 0.3) is 21.8 Å². The molecule has 2 aromatic heterocycles. The zero-order chi connectivity index (χ0) is 23.3. The van der Waals surface area contributed by atoms with Gasteiger partial charge in [-0.1, -0.05) is 87.8 Å². The Morgan fingerprint density at radius 2 is 0.882 bits per heavy atom. The first-order chi connectivity index (χ1) is 16.9. The van der Waals surface area contributed by atoms with Crippen LogP contribution in [0.2, 0.25) is 0 Å². The summed E-state index contributed by atoms with van der Waals surface area (Å²) in [4.78, 5) is 16.0. The van der Waals surface area contributed by atoms with Gasteiger partial charge in [0, 0.05) is 47.3 Å². The third-order valence-corrected chi connectivity index (χ3v) is 6.39. The molecule has 0 atom stereocenters. The van der Waals surface area contributed by atoms with Crippen LogP contribution in [0, 0.1) is 0 Å². The number of nitrogens with zero attached hydrogens (tertiary/aromatic N) is 2. The summed E-state index contributed by atoms with van der Waals surface area (Å²) in [5, 5.41) is 2.50. The number of unbranched alkanes of at least 4 members (excludes halogenated alkanes) is 9. The SMILES string of the molecule is C(=NCCCCCCCCCCCCN=Cc1cc2ccccc2[nH]1)c1cc2ccccc2[nH]1. The van der Waals surface area contributed by atoms with E-state index >= 15 is 0 Å². The van der Waals surface area contributed by atoms with E-state index in [-0.39, 0.29) is 0 Å². The molecule has 0 spiro atoms. The molecule has 2 N–H and O–H groups in total. The fraction of sp³-hybridized carbons (Fsp3) is 0.400. The predicted octanol–water partition coefficient (Wildman–Crippen LogP) is 8.09. The van der Waals surface area contributed by atoms with Crippen molar-refractivity contribution in [3.8, 4) is 0 Å². The molecular formula is C30H38N4. The van der Waals surface area contributed by atoms with Crippen molar-refractivity contribution in [2.45, 2.75) is 64.2 Å². The van der Waals surface area contributed by atoms with Gasteiger partial charge >= 0.3 is 0 Å². The summed E-state index contributed by atoms with van der Waals surface area (Å²) in [7, 11) is 0. The van der Waals surface area contributed by atoms with E-state index in [2.05, 4.69) is 80.6 Å². The van der Waals surface area contributed by atoms with E-state index in [1.54, 1.807) is 0 Å². The summed E-state index contributed by atoms with van der Waals surface area (Å²) in [5.41, 5.74) is 4.56. The largest absolute Gasteiger partial charge is 0.354 e. The van der Waals surface area contributed by atoms with Crippen molar-refractivity contribution in [2.24, 2.45) is 9.98 Å². The second kappa shape index (κ2) is 13.5. The van der Waals surface area contributed by atoms with E-state index in [4.69, 9.17) is 0 Å². The fourth-order valence-electron chi connectivity index (χ4n) is 4.48. The molecule has 0 saturated heterocycles. The molecule has 34 heavy (non-hydrogen) atoms. The molecule has 4 rings (SSSR count). The van der Waals surface area contributed by atoms with Crippen molar-refractivity contribution in [2.75, 3.05) is 13.1 Å². The molecular weight excluding hydrogens is 416 g/mol. The van der Waals surface area contributed by atoms with Crippen LogP contribution in [0.15, 0.2) is 70.6 Å². The number of aromatic nitrogens is 2. The molecule has 4 aromatic rings. The minimum atomic E-state index is 0.929. The molecule has 2 heterocycles. The molecule has 2 aromatic carbocycles. The van der Waals surface area contributed by atoms with Crippen LogP contribution in [0.4, 0.5) is 0 Å². The van der Waals surface area contributed by atoms with Gasteiger partial charge in [0.05, 0.1) is 11.4 Å². The summed E-state index contributed by atoms with van der Waals surface area (Å²) in [6.45, 7) is 1.86. The standard InChI is InChI=1S/C30H38N4/c1(3-5-7-13-19-31-23-27-21-25-15-9-11-17-29(25)33-27)2-4-6-8-14-20-32-24-28-22-26-16-10-12-18-30(26)34-28/h9-12,15-18,21-24,33-34H,1-8,13-14,19-20H2. The smallest absolute Gasteiger partial charge is 0.0572 e. The van der Waals surface area contributed by atoms with Crippen molar-refractivity contribution in [1.82, 2.24) is 9.97 Å². The van der Waals surface area contributed by atoms with Crippen LogP contribution in [0.3, 0.4) is 0 Å². The lowest BCUT2D eigenvalue weighted by molar-refractivity contribution is 0.555. The predicted molar refractivity (Wildman–Crippen MR) is 148 cm³/mol. The number of para-hydroxylation sites is 2. The Kier molecular flexibility index (Phi) is 9.56. The van der Waals surface area contributed by atoms with Crippen LogP contribution in [0.1, 0.15) is 75.6 Å². The normalized spacial score (nSPS) is 12.1. The second-order valence-electron chi connectivity index (χ2n) is 9.23. The van der Waals surface area contributed by atoms with Gasteiger partial charge in [-0.25, -0.2) is 0 Å². The number of rotatable bonds is 15. The topological polar surface area (TPSA) is 56.3 Å². The summed E-state index contributed by atoms with van der Waals surface area (Å²) < 4.78 is 0. The lowest BCUT2D eigenvalue weighted by atomic mass is 10.1. The third kappa shape index (κ3) is 7.72. The molecule has 0 aliphatic heterocycles. The van der Waals surface area contributed by atoms with E-state index in [1.165, 1.54) is 86.0 Å². The van der Waals surface area contributed by atoms with Crippen LogP contribution >= 0.6 is 0 Å². The number of benzene rings is 2. The van der Waals surface area contributed by atoms with Crippen molar-refractivity contribution >= 4 is 34.2 Å². The Balaban J connectivity index is 0.939. The van der Waals surface area contributed by atoms with Gasteiger partial charge in [0.15, 0.2) is 0 Å². The molecule has 0 amide bonds. The summed E-state index contributed by atoms with van der Waals surface area (Å²) in [6, 6.07) is 21.1. The average Bonchev–Trinajstić information content (AvgIpc) is 3.47. The number of nitrogens with one attached hydrogen (secondary N) is 2. The number of hydrogen-bond acceptors (Lipinski definition) is 2. The number of H-pyrrole nitrogens is 2. The quantitative estimate of drug-likeness (QED) is 0.135. The van der Waals surface area contributed by atoms with Gasteiger partial charge in [-0.3, -0.25) is 9.98 Å². The van der Waals surface area contributed by atoms with E-state index < -0.39 is 0 Å². The fourth-order valence-corrected chi connectivity index (χ4v) is 4.48. The van der Waals surface area contributed by atoms with Crippen molar-refractivity contribution < 1.29 is 0 Å². The Bertz CT molecular complexity index is 1020. The van der Waals surface area contributed by atoms with E-state index in [1.807, 2.05) is 12.4 Å². The second-order valence-corrected chi connectivity index (χ2v) is 9.23. The minimum Gasteiger partial charge on any atom is -0.354 e. The highest BCUT2D eigenvalue weighted by Crippen LogP contribution is 2.15. The summed E-state index contributed by atoms with van der Waals surface area (Å²) in [6.07, 6.45) is 17.1. The number of aromatic amines is 2. The summed E-state index contributed by atoms with van der Waals surface area (Å²) in [5.74, 6) is 0. The molecule has 0 aliphatic rings. The molecule has 0 fully saturated rings. The molecule has 0 saturated carbocycles. The number of hydrogen-bond donors (Lipinski definition) is 2. The van der Waals surface area contributed by atoms with Gasteiger partial charge in [0.25, 0.3) is 0 Å². The van der Waals surface area contributed by atoms with Gasteiger partial charge in [-0.05, 0) is 37.1 Å². The highest BCUT2D eigenvalue weighted by atomic mass is 14.8. The number of fused-ring (bicyclic) bond motifs is 2. The van der Waals surface area contributed by atoms with E-state index in [0.717, 1.165) is 24.5 Å². The van der Waals surface area contributed by atoms with Crippen molar-refractivity contribution in [1.29, 1.82) is 0 Å². The van der Waals surface area contributed by atoms with E-state index in [9.17, 15) is 0 Å². The monoisotopic (exact) mass is 454 g/mol. The third-order valence-electron chi connectivity index (χ3n) is 6.39. The van der Waals surface area contributed by atoms with Gasteiger partial charge in [0.1, 0.15) is 0 Å². The maximum absolute atomic E-state index is 4.58. The Morgan fingerprint density at radius 3 is 1.29 bits per heavy atom. The zero-order valence-corrected chi connectivity index (χ0v) is 20.3. The Morgan fingerprint density at radius 1 is 0.500 bits per heavy atom. The lowest BCUT2D eigenvalue weighted by Crippen LogP contribution is -1.87. The first-order valence-electron chi connectivity index (χ1n) is 13.0. The van der Waals surface area contributed by atoms with Gasteiger partial charge < -0.3 is 9.97 Å². The average molecular weight is 455 g/mol.